The van der Waals surface area contributed by atoms with Crippen LogP contribution in [0.25, 0.3) is 0 Å². The summed E-state index contributed by atoms with van der Waals surface area (Å²) < 4.78 is 5.36. The Hall–Kier alpha value is -0.120. The molecule has 1 rings (SSSR count). The smallest absolute Gasteiger partial charge is 0.0746 e. The molecule has 0 amide bonds. The molecule has 0 unspecified atom stereocenters. The molecule has 1 fully saturated rings. The highest BCUT2D eigenvalue weighted by atomic mass is 16.5. The molecule has 0 aromatic carbocycles. The lowest BCUT2D eigenvalue weighted by Gasteiger charge is -2.27. The van der Waals surface area contributed by atoms with Crippen molar-refractivity contribution in [3.8, 4) is 0 Å². The van der Waals surface area contributed by atoms with E-state index >= 15 is 0 Å². The highest BCUT2D eigenvalue weighted by molar-refractivity contribution is 4.71. The van der Waals surface area contributed by atoms with E-state index in [2.05, 4.69) is 24.1 Å². The van der Waals surface area contributed by atoms with E-state index in [1.165, 1.54) is 45.3 Å². The van der Waals surface area contributed by atoms with Gasteiger partial charge >= 0.3 is 0 Å². The third kappa shape index (κ3) is 5.83. The van der Waals surface area contributed by atoms with Crippen LogP contribution in [0.1, 0.15) is 39.5 Å². The Morgan fingerprint density at radius 3 is 2.50 bits per heavy atom. The van der Waals surface area contributed by atoms with Crippen LogP contribution < -0.4 is 5.32 Å². The van der Waals surface area contributed by atoms with Gasteiger partial charge in [-0.15, -0.1) is 0 Å². The zero-order valence-electron chi connectivity index (χ0n) is 11.2. The minimum atomic E-state index is -0.0366. The Labute approximate surface area is 101 Å². The van der Waals surface area contributed by atoms with E-state index in [0.29, 0.717) is 0 Å². The average Bonchev–Trinajstić information content (AvgIpc) is 2.30. The van der Waals surface area contributed by atoms with E-state index in [1.54, 1.807) is 7.11 Å². The summed E-state index contributed by atoms with van der Waals surface area (Å²) in [7, 11) is 1.77. The van der Waals surface area contributed by atoms with Gasteiger partial charge in [-0.05, 0) is 59.3 Å². The third-order valence-corrected chi connectivity index (χ3v) is 3.38. The Morgan fingerprint density at radius 1 is 1.19 bits per heavy atom. The van der Waals surface area contributed by atoms with E-state index in [1.807, 2.05) is 0 Å². The van der Waals surface area contributed by atoms with Crippen molar-refractivity contribution in [2.24, 2.45) is 0 Å². The van der Waals surface area contributed by atoms with Crippen molar-refractivity contribution in [2.75, 3.05) is 39.8 Å². The van der Waals surface area contributed by atoms with Gasteiger partial charge in [0.2, 0.25) is 0 Å². The van der Waals surface area contributed by atoms with E-state index in [0.717, 1.165) is 13.1 Å². The molecule has 0 aromatic rings. The molecule has 16 heavy (non-hydrogen) atoms. The SMILES string of the molecule is COC(C)(C)CNCCCN1CCCCC1. The highest BCUT2D eigenvalue weighted by Gasteiger charge is 2.15. The van der Waals surface area contributed by atoms with Gasteiger partial charge in [-0.1, -0.05) is 6.42 Å². The second-order valence-corrected chi connectivity index (χ2v) is 5.40. The van der Waals surface area contributed by atoms with Gasteiger partial charge in [0.25, 0.3) is 0 Å². The number of hydrogen-bond acceptors (Lipinski definition) is 3. The zero-order valence-corrected chi connectivity index (χ0v) is 11.2. The number of hydrogen-bond donors (Lipinski definition) is 1. The molecule has 0 aliphatic carbocycles. The lowest BCUT2D eigenvalue weighted by atomic mass is 10.1. The first-order valence-corrected chi connectivity index (χ1v) is 6.62. The second kappa shape index (κ2) is 7.25. The predicted octanol–water partition coefficient (Wildman–Crippen LogP) is 1.88. The van der Waals surface area contributed by atoms with E-state index in [9.17, 15) is 0 Å². The first kappa shape index (κ1) is 13.9. The Kier molecular flexibility index (Phi) is 6.32. The average molecular weight is 228 g/mol. The quantitative estimate of drug-likeness (QED) is 0.673. The van der Waals surface area contributed by atoms with Gasteiger partial charge in [-0.25, -0.2) is 0 Å². The van der Waals surface area contributed by atoms with Crippen molar-refractivity contribution in [2.45, 2.75) is 45.1 Å². The monoisotopic (exact) mass is 228 g/mol. The molecule has 1 N–H and O–H groups in total. The number of rotatable bonds is 7. The summed E-state index contributed by atoms with van der Waals surface area (Å²) in [4.78, 5) is 2.59. The Balaban J connectivity index is 1.95. The van der Waals surface area contributed by atoms with Crippen LogP contribution in [0.2, 0.25) is 0 Å². The van der Waals surface area contributed by atoms with Crippen molar-refractivity contribution < 1.29 is 4.74 Å². The fourth-order valence-corrected chi connectivity index (χ4v) is 2.07. The Morgan fingerprint density at radius 2 is 1.88 bits per heavy atom. The van der Waals surface area contributed by atoms with E-state index in [4.69, 9.17) is 4.74 Å². The highest BCUT2D eigenvalue weighted by Crippen LogP contribution is 2.08. The number of nitrogens with one attached hydrogen (secondary N) is 1. The van der Waals surface area contributed by atoms with Crippen molar-refractivity contribution >= 4 is 0 Å². The largest absolute Gasteiger partial charge is 0.377 e. The maximum atomic E-state index is 5.36. The summed E-state index contributed by atoms with van der Waals surface area (Å²) in [5.74, 6) is 0. The molecular weight excluding hydrogens is 200 g/mol. The number of ether oxygens (including phenoxy) is 1. The molecule has 1 aliphatic rings. The summed E-state index contributed by atoms with van der Waals surface area (Å²) in [5.41, 5.74) is -0.0366. The van der Waals surface area contributed by atoms with Crippen LogP contribution >= 0.6 is 0 Å². The van der Waals surface area contributed by atoms with Gasteiger partial charge in [0.05, 0.1) is 5.60 Å². The summed E-state index contributed by atoms with van der Waals surface area (Å²) in [6, 6.07) is 0. The van der Waals surface area contributed by atoms with Crippen LogP contribution in [0.4, 0.5) is 0 Å². The number of likely N-dealkylation sites (tertiary alicyclic amines) is 1. The van der Waals surface area contributed by atoms with Crippen LogP contribution in [0.15, 0.2) is 0 Å². The van der Waals surface area contributed by atoms with Gasteiger partial charge in [0.1, 0.15) is 0 Å². The lowest BCUT2D eigenvalue weighted by molar-refractivity contribution is 0.0233. The van der Waals surface area contributed by atoms with Crippen LogP contribution in [0.3, 0.4) is 0 Å². The standard InChI is InChI=1S/C13H28N2O/c1-13(2,16-3)12-14-8-7-11-15-9-5-4-6-10-15/h14H,4-12H2,1-3H3. The molecule has 1 saturated heterocycles. The van der Waals surface area contributed by atoms with Crippen LogP contribution in [-0.2, 0) is 4.74 Å². The molecule has 3 nitrogen and oxygen atoms in total. The molecule has 0 bridgehead atoms. The minimum absolute atomic E-state index is 0.0366. The third-order valence-electron chi connectivity index (χ3n) is 3.38. The summed E-state index contributed by atoms with van der Waals surface area (Å²) in [6.45, 7) is 10.1. The summed E-state index contributed by atoms with van der Waals surface area (Å²) in [5, 5.41) is 3.46. The minimum Gasteiger partial charge on any atom is -0.377 e. The second-order valence-electron chi connectivity index (χ2n) is 5.40. The normalized spacial score (nSPS) is 18.9. The molecule has 0 saturated carbocycles. The van der Waals surface area contributed by atoms with Crippen molar-refractivity contribution in [1.82, 2.24) is 10.2 Å². The fraction of sp³-hybridized carbons (Fsp3) is 1.00. The van der Waals surface area contributed by atoms with Gasteiger partial charge in [-0.3, -0.25) is 0 Å². The maximum Gasteiger partial charge on any atom is 0.0746 e. The van der Waals surface area contributed by atoms with Crippen LogP contribution in [0, 0.1) is 0 Å². The number of piperidine rings is 1. The van der Waals surface area contributed by atoms with Gasteiger partial charge in [-0.2, -0.15) is 0 Å². The van der Waals surface area contributed by atoms with Crippen LogP contribution in [-0.4, -0.2) is 50.3 Å². The van der Waals surface area contributed by atoms with Gasteiger partial charge < -0.3 is 15.0 Å². The first-order valence-electron chi connectivity index (χ1n) is 6.62. The predicted molar refractivity (Wildman–Crippen MR) is 68.9 cm³/mol. The molecule has 0 spiro atoms. The molecular formula is C13H28N2O. The van der Waals surface area contributed by atoms with Gasteiger partial charge in [0, 0.05) is 13.7 Å². The van der Waals surface area contributed by atoms with Gasteiger partial charge in [0.15, 0.2) is 0 Å². The molecule has 0 radical (unpaired) electrons. The summed E-state index contributed by atoms with van der Waals surface area (Å²) >= 11 is 0. The molecule has 0 atom stereocenters. The number of nitrogens with zero attached hydrogens (tertiary/aromatic N) is 1. The zero-order chi connectivity index (χ0) is 11.9. The Bertz CT molecular complexity index is 177. The van der Waals surface area contributed by atoms with E-state index < -0.39 is 0 Å². The molecule has 96 valence electrons. The van der Waals surface area contributed by atoms with Crippen molar-refractivity contribution in [1.29, 1.82) is 0 Å². The number of methoxy groups -OCH3 is 1. The first-order chi connectivity index (χ1) is 7.64. The summed E-state index contributed by atoms with van der Waals surface area (Å²) in [6.07, 6.45) is 5.46. The van der Waals surface area contributed by atoms with Crippen LogP contribution in [0.5, 0.6) is 0 Å². The fourth-order valence-electron chi connectivity index (χ4n) is 2.07. The van der Waals surface area contributed by atoms with Crippen molar-refractivity contribution in [3.63, 3.8) is 0 Å². The molecule has 3 heteroatoms. The van der Waals surface area contributed by atoms with E-state index in [-0.39, 0.29) is 5.60 Å². The lowest BCUT2D eigenvalue weighted by Crippen LogP contribution is -2.38. The van der Waals surface area contributed by atoms with Crippen molar-refractivity contribution in [3.05, 3.63) is 0 Å². The molecule has 0 aromatic heterocycles. The maximum absolute atomic E-state index is 5.36. The molecule has 1 heterocycles. The topological polar surface area (TPSA) is 24.5 Å². The molecule has 1 aliphatic heterocycles.